The SMILES string of the molecule is O=C(Nc1cc(Cl)ncn1)c1cccc(O)c1O. The van der Waals surface area contributed by atoms with E-state index in [1.807, 2.05) is 0 Å². The van der Waals surface area contributed by atoms with Crippen LogP contribution in [0.5, 0.6) is 11.5 Å². The molecule has 2 aromatic rings. The van der Waals surface area contributed by atoms with Crippen LogP contribution >= 0.6 is 11.6 Å². The fraction of sp³-hybridized carbons (Fsp3) is 0. The highest BCUT2D eigenvalue weighted by molar-refractivity contribution is 6.29. The second-order valence-corrected chi connectivity index (χ2v) is 3.74. The van der Waals surface area contributed by atoms with E-state index < -0.39 is 11.7 Å². The molecule has 3 N–H and O–H groups in total. The number of anilines is 1. The lowest BCUT2D eigenvalue weighted by Crippen LogP contribution is -2.13. The van der Waals surface area contributed by atoms with E-state index >= 15 is 0 Å². The maximum absolute atomic E-state index is 11.8. The lowest BCUT2D eigenvalue weighted by Gasteiger charge is -2.06. The van der Waals surface area contributed by atoms with Gasteiger partial charge in [0.15, 0.2) is 11.5 Å². The fourth-order valence-electron chi connectivity index (χ4n) is 1.30. The van der Waals surface area contributed by atoms with E-state index in [2.05, 4.69) is 15.3 Å². The van der Waals surface area contributed by atoms with Gasteiger partial charge in [0.25, 0.3) is 5.91 Å². The van der Waals surface area contributed by atoms with Gasteiger partial charge < -0.3 is 15.5 Å². The van der Waals surface area contributed by atoms with Crippen LogP contribution in [0.1, 0.15) is 10.4 Å². The summed E-state index contributed by atoms with van der Waals surface area (Å²) in [6.45, 7) is 0. The molecule has 18 heavy (non-hydrogen) atoms. The average molecular weight is 266 g/mol. The normalized spacial score (nSPS) is 10.1. The summed E-state index contributed by atoms with van der Waals surface area (Å²) in [7, 11) is 0. The summed E-state index contributed by atoms with van der Waals surface area (Å²) in [5, 5.41) is 21.4. The second-order valence-electron chi connectivity index (χ2n) is 3.35. The highest BCUT2D eigenvalue weighted by Crippen LogP contribution is 2.28. The van der Waals surface area contributed by atoms with Gasteiger partial charge in [-0.3, -0.25) is 4.79 Å². The van der Waals surface area contributed by atoms with Crippen molar-refractivity contribution >= 4 is 23.3 Å². The first kappa shape index (κ1) is 12.1. The molecule has 0 saturated carbocycles. The molecule has 0 bridgehead atoms. The molecule has 92 valence electrons. The number of rotatable bonds is 2. The van der Waals surface area contributed by atoms with Gasteiger partial charge in [0.2, 0.25) is 0 Å². The van der Waals surface area contributed by atoms with Crippen molar-refractivity contribution < 1.29 is 15.0 Å². The van der Waals surface area contributed by atoms with Crippen LogP contribution in [0, 0.1) is 0 Å². The third kappa shape index (κ3) is 2.49. The number of phenolic OH excluding ortho intramolecular Hbond substituents is 2. The Balaban J connectivity index is 2.25. The Kier molecular flexibility index (Phi) is 3.29. The number of benzene rings is 1. The number of aromatic nitrogens is 2. The summed E-state index contributed by atoms with van der Waals surface area (Å²) in [5.74, 6) is -1.28. The lowest BCUT2D eigenvalue weighted by molar-refractivity contribution is 0.102. The molecule has 0 aliphatic carbocycles. The van der Waals surface area contributed by atoms with Gasteiger partial charge in [-0.05, 0) is 12.1 Å². The van der Waals surface area contributed by atoms with Crippen LogP contribution in [-0.2, 0) is 0 Å². The highest BCUT2D eigenvalue weighted by atomic mass is 35.5. The van der Waals surface area contributed by atoms with Crippen LogP contribution < -0.4 is 5.32 Å². The first-order valence-corrected chi connectivity index (χ1v) is 5.25. The van der Waals surface area contributed by atoms with E-state index in [1.165, 1.54) is 30.6 Å². The van der Waals surface area contributed by atoms with Crippen LogP contribution in [-0.4, -0.2) is 26.1 Å². The zero-order valence-electron chi connectivity index (χ0n) is 8.96. The van der Waals surface area contributed by atoms with Crippen molar-refractivity contribution in [2.24, 2.45) is 0 Å². The Bertz CT molecular complexity index is 604. The van der Waals surface area contributed by atoms with E-state index in [-0.39, 0.29) is 22.3 Å². The third-order valence-corrected chi connectivity index (χ3v) is 2.34. The summed E-state index contributed by atoms with van der Waals surface area (Å²) in [6.07, 6.45) is 1.19. The van der Waals surface area contributed by atoms with E-state index in [9.17, 15) is 15.0 Å². The molecule has 0 aliphatic heterocycles. The van der Waals surface area contributed by atoms with Crippen LogP contribution in [0.25, 0.3) is 0 Å². The molecular weight excluding hydrogens is 258 g/mol. The van der Waals surface area contributed by atoms with Crippen LogP contribution in [0.3, 0.4) is 0 Å². The Labute approximate surface area is 107 Å². The molecule has 2 rings (SSSR count). The minimum absolute atomic E-state index is 0.0651. The van der Waals surface area contributed by atoms with Gasteiger partial charge >= 0.3 is 0 Å². The second kappa shape index (κ2) is 4.89. The molecule has 1 aromatic heterocycles. The van der Waals surface area contributed by atoms with Gasteiger partial charge in [-0.1, -0.05) is 17.7 Å². The smallest absolute Gasteiger partial charge is 0.260 e. The topological polar surface area (TPSA) is 95.3 Å². The molecule has 7 heteroatoms. The summed E-state index contributed by atoms with van der Waals surface area (Å²) >= 11 is 5.64. The Morgan fingerprint density at radius 1 is 1.28 bits per heavy atom. The molecule has 0 fully saturated rings. The average Bonchev–Trinajstić information content (AvgIpc) is 2.32. The fourth-order valence-corrected chi connectivity index (χ4v) is 1.45. The van der Waals surface area contributed by atoms with Gasteiger partial charge in [0, 0.05) is 6.07 Å². The summed E-state index contributed by atoms with van der Waals surface area (Å²) < 4.78 is 0. The molecule has 1 heterocycles. The van der Waals surface area contributed by atoms with E-state index in [4.69, 9.17) is 11.6 Å². The molecule has 0 atom stereocenters. The number of halogens is 1. The zero-order valence-corrected chi connectivity index (χ0v) is 9.72. The molecule has 0 aliphatic rings. The molecule has 0 radical (unpaired) electrons. The number of aromatic hydroxyl groups is 2. The van der Waals surface area contributed by atoms with Gasteiger partial charge in [-0.2, -0.15) is 0 Å². The number of carbonyl (C=O) groups excluding carboxylic acids is 1. The van der Waals surface area contributed by atoms with Crippen LogP contribution in [0.15, 0.2) is 30.6 Å². The number of nitrogens with zero attached hydrogens (tertiary/aromatic N) is 2. The number of nitrogens with one attached hydrogen (secondary N) is 1. The molecule has 0 saturated heterocycles. The van der Waals surface area contributed by atoms with E-state index in [1.54, 1.807) is 0 Å². The predicted molar refractivity (Wildman–Crippen MR) is 64.8 cm³/mol. The molecule has 0 spiro atoms. The third-order valence-electron chi connectivity index (χ3n) is 2.13. The van der Waals surface area contributed by atoms with Crippen molar-refractivity contribution in [3.8, 4) is 11.5 Å². The standard InChI is InChI=1S/C11H8ClN3O3/c12-8-4-9(14-5-13-8)15-11(18)6-2-1-3-7(16)10(6)17/h1-5,16-17H,(H,13,14,15,18). The van der Waals surface area contributed by atoms with E-state index in [0.29, 0.717) is 0 Å². The molecule has 1 aromatic carbocycles. The van der Waals surface area contributed by atoms with Crippen molar-refractivity contribution in [1.82, 2.24) is 9.97 Å². The van der Waals surface area contributed by atoms with Crippen molar-refractivity contribution in [2.45, 2.75) is 0 Å². The number of hydrogen-bond donors (Lipinski definition) is 3. The number of para-hydroxylation sites is 1. The van der Waals surface area contributed by atoms with Crippen molar-refractivity contribution in [2.75, 3.05) is 5.32 Å². The van der Waals surface area contributed by atoms with Gasteiger partial charge in [-0.25, -0.2) is 9.97 Å². The molecular formula is C11H8ClN3O3. The predicted octanol–water partition coefficient (Wildman–Crippen LogP) is 1.79. The Hall–Kier alpha value is -2.34. The maximum atomic E-state index is 11.8. The first-order valence-electron chi connectivity index (χ1n) is 4.88. The number of carbonyl (C=O) groups is 1. The minimum atomic E-state index is -0.613. The van der Waals surface area contributed by atoms with E-state index in [0.717, 1.165) is 0 Å². The minimum Gasteiger partial charge on any atom is -0.504 e. The highest BCUT2D eigenvalue weighted by Gasteiger charge is 2.14. The summed E-state index contributed by atoms with van der Waals surface area (Å²) in [5.41, 5.74) is -0.0651. The molecule has 0 unspecified atom stereocenters. The van der Waals surface area contributed by atoms with Gasteiger partial charge in [-0.15, -0.1) is 0 Å². The van der Waals surface area contributed by atoms with Crippen molar-refractivity contribution in [1.29, 1.82) is 0 Å². The monoisotopic (exact) mass is 265 g/mol. The summed E-state index contributed by atoms with van der Waals surface area (Å²) in [6, 6.07) is 5.44. The Morgan fingerprint density at radius 3 is 2.78 bits per heavy atom. The quantitative estimate of drug-likeness (QED) is 0.568. The molecule has 1 amide bonds. The number of hydrogen-bond acceptors (Lipinski definition) is 5. The van der Waals surface area contributed by atoms with Crippen molar-refractivity contribution in [3.63, 3.8) is 0 Å². The number of amides is 1. The lowest BCUT2D eigenvalue weighted by atomic mass is 10.1. The molecule has 6 nitrogen and oxygen atoms in total. The van der Waals surface area contributed by atoms with Crippen molar-refractivity contribution in [3.05, 3.63) is 41.3 Å². The van der Waals surface area contributed by atoms with Crippen LogP contribution in [0.2, 0.25) is 5.15 Å². The Morgan fingerprint density at radius 2 is 2.06 bits per heavy atom. The maximum Gasteiger partial charge on any atom is 0.260 e. The zero-order chi connectivity index (χ0) is 13.1. The largest absolute Gasteiger partial charge is 0.504 e. The van der Waals surface area contributed by atoms with Gasteiger partial charge in [0.1, 0.15) is 17.3 Å². The summed E-state index contributed by atoms with van der Waals surface area (Å²) in [4.78, 5) is 19.3. The van der Waals surface area contributed by atoms with Gasteiger partial charge in [0.05, 0.1) is 5.56 Å². The number of phenols is 2. The first-order chi connectivity index (χ1) is 8.58. The van der Waals surface area contributed by atoms with Crippen LogP contribution in [0.4, 0.5) is 5.82 Å².